The summed E-state index contributed by atoms with van der Waals surface area (Å²) in [6.07, 6.45) is -5.31. The zero-order valence-electron chi connectivity index (χ0n) is 25.2. The molecule has 0 saturated heterocycles. The number of halogens is 23. The predicted octanol–water partition coefficient (Wildman–Crippen LogP) is 12.4. The molecule has 0 N–H and O–H groups in total. The van der Waals surface area contributed by atoms with Crippen LogP contribution in [-0.2, 0) is 5.92 Å². The van der Waals surface area contributed by atoms with Crippen molar-refractivity contribution in [3.63, 3.8) is 0 Å². The molecule has 2 saturated carbocycles. The normalized spacial score (nSPS) is 24.2. The zero-order valence-corrected chi connectivity index (χ0v) is 25.2. The van der Waals surface area contributed by atoms with Crippen molar-refractivity contribution in [2.75, 3.05) is 0 Å². The summed E-state index contributed by atoms with van der Waals surface area (Å²) in [6, 6.07) is 0. The lowest BCUT2D eigenvalue weighted by Gasteiger charge is -2.43. The van der Waals surface area contributed by atoms with Crippen molar-refractivity contribution < 1.29 is 101 Å². The first-order chi connectivity index (χ1) is 22.6. The summed E-state index contributed by atoms with van der Waals surface area (Å²) in [5.41, 5.74) is -5.96. The number of alkyl halides is 19. The second-order valence-electron chi connectivity index (χ2n) is 12.8. The van der Waals surface area contributed by atoms with Crippen LogP contribution in [0.15, 0.2) is 0 Å². The summed E-state index contributed by atoms with van der Waals surface area (Å²) < 4.78 is 319. The fraction of sp³-hybridized carbons (Fsp3) is 0.786. The lowest BCUT2D eigenvalue weighted by molar-refractivity contribution is -0.469. The fourth-order valence-electron chi connectivity index (χ4n) is 6.44. The van der Waals surface area contributed by atoms with Gasteiger partial charge in [-0.1, -0.05) is 19.8 Å². The van der Waals surface area contributed by atoms with E-state index in [1.165, 1.54) is 0 Å². The van der Waals surface area contributed by atoms with E-state index in [0.29, 0.717) is 5.92 Å². The van der Waals surface area contributed by atoms with Crippen molar-refractivity contribution in [1.29, 1.82) is 0 Å². The molecule has 0 heterocycles. The van der Waals surface area contributed by atoms with Gasteiger partial charge < -0.3 is 0 Å². The van der Waals surface area contributed by atoms with Crippen molar-refractivity contribution in [2.45, 2.75) is 118 Å². The largest absolute Gasteiger partial charge is 0.460 e. The van der Waals surface area contributed by atoms with Gasteiger partial charge in [-0.3, -0.25) is 0 Å². The van der Waals surface area contributed by atoms with E-state index in [2.05, 4.69) is 0 Å². The van der Waals surface area contributed by atoms with Crippen LogP contribution < -0.4 is 0 Å². The van der Waals surface area contributed by atoms with E-state index in [4.69, 9.17) is 0 Å². The van der Waals surface area contributed by atoms with Crippen LogP contribution in [0, 0.1) is 41.0 Å². The van der Waals surface area contributed by atoms with Gasteiger partial charge in [0.1, 0.15) is 5.56 Å². The van der Waals surface area contributed by atoms with Crippen molar-refractivity contribution in [3.8, 4) is 0 Å². The molecule has 0 atom stereocenters. The van der Waals surface area contributed by atoms with Gasteiger partial charge in [-0.2, -0.15) is 83.4 Å². The molecule has 2 fully saturated rings. The summed E-state index contributed by atoms with van der Waals surface area (Å²) in [6.45, 7) is 1.98. The summed E-state index contributed by atoms with van der Waals surface area (Å²) in [4.78, 5) is 0. The Morgan fingerprint density at radius 3 is 1.00 bits per heavy atom. The average molecular weight is 796 g/mol. The van der Waals surface area contributed by atoms with Crippen molar-refractivity contribution in [2.24, 2.45) is 17.8 Å². The predicted molar refractivity (Wildman–Crippen MR) is 127 cm³/mol. The highest BCUT2D eigenvalue weighted by Gasteiger charge is 2.97. The Morgan fingerprint density at radius 1 is 0.373 bits per heavy atom. The van der Waals surface area contributed by atoms with Crippen LogP contribution >= 0.6 is 0 Å². The second-order valence-corrected chi connectivity index (χ2v) is 12.8. The average Bonchev–Trinajstić information content (AvgIpc) is 2.99. The molecule has 0 aromatic heterocycles. The van der Waals surface area contributed by atoms with Gasteiger partial charge in [0.15, 0.2) is 23.3 Å². The van der Waals surface area contributed by atoms with Gasteiger partial charge in [-0.25, -0.2) is 17.6 Å². The Balaban J connectivity index is 2.06. The zero-order chi connectivity index (χ0) is 39.9. The van der Waals surface area contributed by atoms with E-state index in [-0.39, 0.29) is 37.5 Å². The van der Waals surface area contributed by atoms with Crippen LogP contribution in [0.4, 0.5) is 101 Å². The monoisotopic (exact) mass is 796 g/mol. The Labute approximate surface area is 271 Å². The van der Waals surface area contributed by atoms with Gasteiger partial charge in [-0.05, 0) is 62.2 Å². The molecule has 0 unspecified atom stereocenters. The molecule has 1 aromatic carbocycles. The van der Waals surface area contributed by atoms with Gasteiger partial charge in [0.05, 0.1) is 0 Å². The summed E-state index contributed by atoms with van der Waals surface area (Å²) >= 11 is 0. The van der Waals surface area contributed by atoms with Gasteiger partial charge in [-0.15, -0.1) is 0 Å². The first-order valence-corrected chi connectivity index (χ1v) is 14.6. The molecule has 296 valence electrons. The maximum Gasteiger partial charge on any atom is 0.460 e. The van der Waals surface area contributed by atoms with Crippen LogP contribution in [0.1, 0.15) is 75.3 Å². The molecule has 0 amide bonds. The highest BCUT2D eigenvalue weighted by atomic mass is 19.4. The van der Waals surface area contributed by atoms with E-state index in [1.807, 2.05) is 6.92 Å². The molecular weight excluding hydrogens is 773 g/mol. The first kappa shape index (κ1) is 43.0. The molecule has 0 bridgehead atoms. The van der Waals surface area contributed by atoms with Crippen LogP contribution in [0.25, 0.3) is 0 Å². The summed E-state index contributed by atoms with van der Waals surface area (Å²) in [7, 11) is 0. The summed E-state index contributed by atoms with van der Waals surface area (Å²) in [5, 5.41) is 0. The van der Waals surface area contributed by atoms with Crippen molar-refractivity contribution >= 4 is 0 Å². The molecule has 0 spiro atoms. The molecular formula is C28H23F23. The third kappa shape index (κ3) is 6.08. The smallest absolute Gasteiger partial charge is 0.203 e. The van der Waals surface area contributed by atoms with Crippen molar-refractivity contribution in [3.05, 3.63) is 34.4 Å². The molecule has 2 aliphatic carbocycles. The number of hydrogen-bond donors (Lipinski definition) is 0. The Bertz CT molecular complexity index is 1400. The molecule has 0 nitrogen and oxygen atoms in total. The van der Waals surface area contributed by atoms with Gasteiger partial charge in [0, 0.05) is 5.56 Å². The lowest BCUT2D eigenvalue weighted by Crippen LogP contribution is -2.75. The quantitative estimate of drug-likeness (QED) is 0.163. The van der Waals surface area contributed by atoms with Gasteiger partial charge in [0.25, 0.3) is 0 Å². The van der Waals surface area contributed by atoms with Crippen LogP contribution in [0.2, 0.25) is 0 Å². The van der Waals surface area contributed by atoms with Crippen LogP contribution in [0.3, 0.4) is 0 Å². The highest BCUT2D eigenvalue weighted by Crippen LogP contribution is 2.66. The maximum absolute atomic E-state index is 15.0. The Kier molecular flexibility index (Phi) is 10.9. The Hall–Kier alpha value is -2.39. The minimum atomic E-state index is -9.27. The van der Waals surface area contributed by atoms with E-state index >= 15 is 0 Å². The fourth-order valence-corrected chi connectivity index (χ4v) is 6.44. The molecule has 0 aliphatic heterocycles. The van der Waals surface area contributed by atoms with Crippen LogP contribution in [-0.4, -0.2) is 47.6 Å². The minimum absolute atomic E-state index is 0.0918. The van der Waals surface area contributed by atoms with E-state index in [0.717, 1.165) is 25.7 Å². The van der Waals surface area contributed by atoms with E-state index < -0.39 is 93.9 Å². The van der Waals surface area contributed by atoms with E-state index in [1.54, 1.807) is 0 Å². The third-order valence-corrected chi connectivity index (χ3v) is 9.63. The highest BCUT2D eigenvalue weighted by molar-refractivity contribution is 5.37. The van der Waals surface area contributed by atoms with E-state index in [9.17, 15) is 101 Å². The summed E-state index contributed by atoms with van der Waals surface area (Å²) in [5.74, 6) is -85.4. The second kappa shape index (κ2) is 12.9. The Morgan fingerprint density at radius 2 is 0.667 bits per heavy atom. The molecule has 3 rings (SSSR count). The van der Waals surface area contributed by atoms with Gasteiger partial charge in [0.2, 0.25) is 0 Å². The van der Waals surface area contributed by atoms with Crippen LogP contribution in [0.5, 0.6) is 0 Å². The first-order valence-electron chi connectivity index (χ1n) is 14.6. The maximum atomic E-state index is 15.0. The molecule has 1 aromatic rings. The van der Waals surface area contributed by atoms with Gasteiger partial charge >= 0.3 is 53.6 Å². The minimum Gasteiger partial charge on any atom is -0.203 e. The molecule has 23 heteroatoms. The number of benzene rings is 1. The molecule has 0 radical (unpaired) electrons. The van der Waals surface area contributed by atoms with Crippen molar-refractivity contribution in [1.82, 2.24) is 0 Å². The molecule has 2 aliphatic rings. The molecule has 51 heavy (non-hydrogen) atoms. The standard InChI is InChI=1S/C28H23F23/c1-10-2-4-11(5-3-10)12-6-8-13(9-7-12)14-16(29)18(31)15(19(32)17(14)30)20(33,34)21(35,36)22(37,38)23(39,40)24(41,42)25(43,44)26(45,46)27(47,48)28(49,50)51/h10-13H,2-9H2,1H3. The SMILES string of the molecule is CC1CCC(C2CCC(c3c(F)c(F)c(C(F)(F)C(F)(F)C(F)(F)C(F)(F)C(F)(F)C(F)(F)C(F)(F)C(F)(F)C(F)(F)F)c(F)c3F)CC2)CC1. The third-order valence-electron chi connectivity index (χ3n) is 9.63. The lowest BCUT2D eigenvalue weighted by atomic mass is 9.68. The topological polar surface area (TPSA) is 0 Å². The number of hydrogen-bond acceptors (Lipinski definition) is 0. The number of rotatable bonds is 10.